The summed E-state index contributed by atoms with van der Waals surface area (Å²) in [6.07, 6.45) is 3.13. The number of H-pyrrole nitrogens is 1. The maximum atomic E-state index is 12.1. The highest BCUT2D eigenvalue weighted by Crippen LogP contribution is 2.09. The van der Waals surface area contributed by atoms with Crippen LogP contribution in [0.15, 0.2) is 41.3 Å². The van der Waals surface area contributed by atoms with Gasteiger partial charge in [-0.1, -0.05) is 41.1 Å². The van der Waals surface area contributed by atoms with Gasteiger partial charge >= 0.3 is 0 Å². The molecule has 122 valence electrons. The van der Waals surface area contributed by atoms with E-state index in [1.165, 1.54) is 10.9 Å². The van der Waals surface area contributed by atoms with Crippen molar-refractivity contribution in [3.8, 4) is 0 Å². The number of hydrogen-bond donors (Lipinski definition) is 2. The van der Waals surface area contributed by atoms with Gasteiger partial charge in [0.2, 0.25) is 5.82 Å². The number of aryl methyl sites for hydroxylation is 1. The first-order chi connectivity index (χ1) is 11.6. The molecule has 0 fully saturated rings. The van der Waals surface area contributed by atoms with Gasteiger partial charge in [0, 0.05) is 0 Å². The molecule has 0 radical (unpaired) electrons. The fourth-order valence-corrected chi connectivity index (χ4v) is 2.17. The normalized spacial score (nSPS) is 11.2. The van der Waals surface area contributed by atoms with Crippen molar-refractivity contribution in [2.45, 2.75) is 20.4 Å². The third kappa shape index (κ3) is 3.07. The van der Waals surface area contributed by atoms with Gasteiger partial charge in [0.1, 0.15) is 0 Å². The summed E-state index contributed by atoms with van der Waals surface area (Å²) >= 11 is 0. The molecule has 0 bridgehead atoms. The number of nitrogens with zero attached hydrogens (tertiary/aromatic N) is 4. The van der Waals surface area contributed by atoms with Crippen molar-refractivity contribution < 1.29 is 4.79 Å². The van der Waals surface area contributed by atoms with Crippen LogP contribution in [0.1, 0.15) is 28.7 Å². The molecule has 0 saturated carbocycles. The third-order valence-corrected chi connectivity index (χ3v) is 3.42. The summed E-state index contributed by atoms with van der Waals surface area (Å²) in [5.74, 6) is -0.590. The lowest BCUT2D eigenvalue weighted by molar-refractivity contribution is 0.0960. The first-order valence-corrected chi connectivity index (χ1v) is 7.39. The molecule has 0 atom stereocenters. The van der Waals surface area contributed by atoms with E-state index in [0.717, 1.165) is 11.1 Å². The summed E-state index contributed by atoms with van der Waals surface area (Å²) < 4.78 is 1.50. The lowest BCUT2D eigenvalue weighted by atomic mass is 10.1. The van der Waals surface area contributed by atoms with Crippen molar-refractivity contribution in [1.82, 2.24) is 30.3 Å². The fourth-order valence-electron chi connectivity index (χ4n) is 2.17. The number of allylic oxidation sites excluding steroid dienone is 1. The van der Waals surface area contributed by atoms with Crippen LogP contribution in [0.4, 0.5) is 0 Å². The molecule has 0 aliphatic rings. The van der Waals surface area contributed by atoms with Crippen LogP contribution in [0, 0.1) is 6.92 Å². The third-order valence-electron chi connectivity index (χ3n) is 3.42. The molecule has 3 aromatic rings. The first kappa shape index (κ1) is 15.6. The minimum absolute atomic E-state index is 0.0851. The van der Waals surface area contributed by atoms with E-state index in [1.807, 2.05) is 31.2 Å². The number of rotatable bonds is 4. The summed E-state index contributed by atoms with van der Waals surface area (Å²) in [5, 5.41) is 10.3. The Kier molecular flexibility index (Phi) is 4.19. The molecule has 1 aromatic carbocycles. The smallest absolute Gasteiger partial charge is 0.291 e. The van der Waals surface area contributed by atoms with Gasteiger partial charge in [-0.25, -0.2) is 9.67 Å². The van der Waals surface area contributed by atoms with Gasteiger partial charge in [0.15, 0.2) is 11.2 Å². The Morgan fingerprint density at radius 2 is 2.08 bits per heavy atom. The molecule has 24 heavy (non-hydrogen) atoms. The van der Waals surface area contributed by atoms with Crippen molar-refractivity contribution >= 4 is 17.1 Å². The Hall–Kier alpha value is -3.29. The lowest BCUT2D eigenvalue weighted by Gasteiger charge is -2.04. The minimum Gasteiger partial charge on any atom is -0.326 e. The van der Waals surface area contributed by atoms with E-state index in [2.05, 4.69) is 25.6 Å². The monoisotopic (exact) mass is 324 g/mol. The van der Waals surface area contributed by atoms with E-state index in [1.54, 1.807) is 13.0 Å². The van der Waals surface area contributed by atoms with Crippen molar-refractivity contribution in [3.63, 3.8) is 0 Å². The summed E-state index contributed by atoms with van der Waals surface area (Å²) in [7, 11) is 0. The Labute approximate surface area is 137 Å². The Morgan fingerprint density at radius 3 is 2.79 bits per heavy atom. The molecule has 0 spiro atoms. The second-order valence-corrected chi connectivity index (χ2v) is 5.29. The van der Waals surface area contributed by atoms with E-state index >= 15 is 0 Å². The maximum absolute atomic E-state index is 12.1. The fraction of sp³-hybridized carbons (Fsp3) is 0.188. The molecule has 1 amide bonds. The predicted molar refractivity (Wildman–Crippen MR) is 88.5 cm³/mol. The molecular weight excluding hydrogens is 308 g/mol. The second-order valence-electron chi connectivity index (χ2n) is 5.29. The first-order valence-electron chi connectivity index (χ1n) is 7.39. The average molecular weight is 324 g/mol. The molecular formula is C16H16N6O2. The van der Waals surface area contributed by atoms with Gasteiger partial charge in [-0.3, -0.25) is 9.59 Å². The van der Waals surface area contributed by atoms with Crippen LogP contribution in [0.25, 0.3) is 11.2 Å². The maximum Gasteiger partial charge on any atom is 0.291 e. The van der Waals surface area contributed by atoms with Crippen LogP contribution < -0.4 is 10.9 Å². The molecule has 2 heterocycles. The van der Waals surface area contributed by atoms with Crippen molar-refractivity contribution in [1.29, 1.82) is 0 Å². The Bertz CT molecular complexity index is 968. The molecule has 0 saturated heterocycles. The zero-order chi connectivity index (χ0) is 17.1. The highest BCUT2D eigenvalue weighted by Gasteiger charge is 2.15. The molecule has 0 aliphatic carbocycles. The summed E-state index contributed by atoms with van der Waals surface area (Å²) in [5.41, 5.74) is 2.02. The summed E-state index contributed by atoms with van der Waals surface area (Å²) in [6, 6.07) is 7.92. The summed E-state index contributed by atoms with van der Waals surface area (Å²) in [4.78, 5) is 30.7. The number of fused-ring (bicyclic) bond motifs is 1. The van der Waals surface area contributed by atoms with E-state index in [9.17, 15) is 9.59 Å². The van der Waals surface area contributed by atoms with Crippen molar-refractivity contribution in [3.05, 3.63) is 63.8 Å². The molecule has 0 aliphatic heterocycles. The van der Waals surface area contributed by atoms with E-state index < -0.39 is 11.5 Å². The van der Waals surface area contributed by atoms with Gasteiger partial charge < -0.3 is 10.3 Å². The molecule has 2 N–H and O–H groups in total. The van der Waals surface area contributed by atoms with E-state index in [0.29, 0.717) is 6.54 Å². The van der Waals surface area contributed by atoms with Crippen LogP contribution in [-0.2, 0) is 6.54 Å². The van der Waals surface area contributed by atoms with Gasteiger partial charge in [0.05, 0.1) is 6.54 Å². The number of hydrogen-bond acceptors (Lipinski definition) is 5. The van der Waals surface area contributed by atoms with Gasteiger partial charge in [-0.2, -0.15) is 0 Å². The van der Waals surface area contributed by atoms with Crippen molar-refractivity contribution in [2.75, 3.05) is 0 Å². The number of benzene rings is 1. The topological polar surface area (TPSA) is 106 Å². The van der Waals surface area contributed by atoms with Gasteiger partial charge in [-0.15, -0.1) is 5.10 Å². The average Bonchev–Trinajstić information content (AvgIpc) is 2.98. The highest BCUT2D eigenvalue weighted by atomic mass is 16.2. The predicted octanol–water partition coefficient (Wildman–Crippen LogP) is 1.13. The molecule has 8 nitrogen and oxygen atoms in total. The number of aromatic nitrogens is 5. The minimum atomic E-state index is -0.504. The van der Waals surface area contributed by atoms with Crippen molar-refractivity contribution in [2.24, 2.45) is 0 Å². The molecule has 2 aromatic heterocycles. The van der Waals surface area contributed by atoms with Crippen LogP contribution in [0.5, 0.6) is 0 Å². The Morgan fingerprint density at radius 1 is 1.33 bits per heavy atom. The van der Waals surface area contributed by atoms with Crippen LogP contribution in [0.2, 0.25) is 0 Å². The molecule has 8 heteroatoms. The number of amides is 1. The van der Waals surface area contributed by atoms with Crippen LogP contribution >= 0.6 is 0 Å². The van der Waals surface area contributed by atoms with Crippen LogP contribution in [-0.4, -0.2) is 30.9 Å². The van der Waals surface area contributed by atoms with E-state index in [4.69, 9.17) is 0 Å². The zero-order valence-electron chi connectivity index (χ0n) is 13.3. The largest absolute Gasteiger partial charge is 0.326 e. The standard InChI is InChI=1S/C16H16N6O2/c1-3-8-17-16(24)13-18-14-12(15(23)19-13)20-21-22(14)9-11-6-4-10(2)5-7-11/h3-8H,9H2,1-2H3,(H,17,24)(H,18,19,23)/b8-3+. The zero-order valence-corrected chi connectivity index (χ0v) is 13.3. The van der Waals surface area contributed by atoms with Gasteiger partial charge in [-0.05, 0) is 25.6 Å². The second kappa shape index (κ2) is 6.45. The number of aromatic amines is 1. The number of carbonyl (C=O) groups excluding carboxylic acids is 1. The Balaban J connectivity index is 2.00. The van der Waals surface area contributed by atoms with Crippen LogP contribution in [0.3, 0.4) is 0 Å². The molecule has 3 rings (SSSR count). The van der Waals surface area contributed by atoms with E-state index in [-0.39, 0.29) is 17.0 Å². The molecule has 0 unspecified atom stereocenters. The highest BCUT2D eigenvalue weighted by molar-refractivity contribution is 5.92. The lowest BCUT2D eigenvalue weighted by Crippen LogP contribution is -2.24. The number of nitrogens with one attached hydrogen (secondary N) is 2. The number of carbonyl (C=O) groups is 1. The quantitative estimate of drug-likeness (QED) is 0.748. The summed E-state index contributed by atoms with van der Waals surface area (Å²) in [6.45, 7) is 4.18. The SMILES string of the molecule is C/C=C/NC(=O)c1nc2c(nnn2Cc2ccc(C)cc2)c(=O)[nH]1. The van der Waals surface area contributed by atoms with Gasteiger partial charge in [0.25, 0.3) is 11.5 Å².